The molecule has 0 unspecified atom stereocenters. The van der Waals surface area contributed by atoms with Gasteiger partial charge >= 0.3 is 0 Å². The third-order valence-corrected chi connectivity index (χ3v) is 4.68. The number of aliphatic imine (C=N–C) groups is 1. The number of rotatable bonds is 7. The Hall–Kier alpha value is -1.95. The third-order valence-electron chi connectivity index (χ3n) is 4.68. The highest BCUT2D eigenvalue weighted by Crippen LogP contribution is 2.29. The molecule has 6 nitrogen and oxygen atoms in total. The fourth-order valence-corrected chi connectivity index (χ4v) is 3.20. The number of piperidine rings is 1. The van der Waals surface area contributed by atoms with Gasteiger partial charge < -0.3 is 25.0 Å². The van der Waals surface area contributed by atoms with Crippen LogP contribution < -0.4 is 20.1 Å². The Labute approximate surface area is 151 Å². The zero-order valence-corrected chi connectivity index (χ0v) is 16.0. The second kappa shape index (κ2) is 10.1. The highest BCUT2D eigenvalue weighted by atomic mass is 16.5. The second-order valence-electron chi connectivity index (χ2n) is 6.43. The molecule has 1 aliphatic heterocycles. The van der Waals surface area contributed by atoms with Crippen LogP contribution in [-0.4, -0.2) is 58.3 Å². The summed E-state index contributed by atoms with van der Waals surface area (Å²) in [4.78, 5) is 6.88. The van der Waals surface area contributed by atoms with Gasteiger partial charge in [0, 0.05) is 25.3 Å². The molecule has 2 rings (SSSR count). The molecule has 25 heavy (non-hydrogen) atoms. The predicted octanol–water partition coefficient (Wildman–Crippen LogP) is 2.81. The molecule has 0 aromatic heterocycles. The van der Waals surface area contributed by atoms with Crippen molar-refractivity contribution in [3.05, 3.63) is 18.2 Å². The van der Waals surface area contributed by atoms with Crippen LogP contribution in [0, 0.1) is 5.92 Å². The van der Waals surface area contributed by atoms with Gasteiger partial charge in [-0.05, 0) is 56.9 Å². The lowest BCUT2D eigenvalue weighted by Gasteiger charge is -2.32. The van der Waals surface area contributed by atoms with Gasteiger partial charge in [0.2, 0.25) is 0 Å². The standard InChI is InChI=1S/C19H32N4O2/c1-5-10-23-11-8-15(9-12-23)14-21-19(20-2)22-16-6-7-17(24-3)18(13-16)25-4/h6-7,13,15H,5,8-12,14H2,1-4H3,(H2,20,21,22). The van der Waals surface area contributed by atoms with E-state index in [-0.39, 0.29) is 0 Å². The lowest BCUT2D eigenvalue weighted by Crippen LogP contribution is -2.40. The Morgan fingerprint density at radius 1 is 1.20 bits per heavy atom. The normalized spacial score (nSPS) is 16.6. The van der Waals surface area contributed by atoms with E-state index in [1.54, 1.807) is 21.3 Å². The van der Waals surface area contributed by atoms with E-state index < -0.39 is 0 Å². The molecule has 1 aromatic carbocycles. The minimum atomic E-state index is 0.700. The second-order valence-corrected chi connectivity index (χ2v) is 6.43. The van der Waals surface area contributed by atoms with E-state index >= 15 is 0 Å². The van der Waals surface area contributed by atoms with Crippen molar-refractivity contribution in [3.63, 3.8) is 0 Å². The minimum Gasteiger partial charge on any atom is -0.493 e. The molecule has 1 saturated heterocycles. The topological polar surface area (TPSA) is 58.1 Å². The zero-order valence-electron chi connectivity index (χ0n) is 16.0. The van der Waals surface area contributed by atoms with E-state index in [1.165, 1.54) is 38.9 Å². The molecule has 0 radical (unpaired) electrons. The van der Waals surface area contributed by atoms with Gasteiger partial charge in [-0.3, -0.25) is 4.99 Å². The number of benzene rings is 1. The van der Waals surface area contributed by atoms with Gasteiger partial charge in [0.05, 0.1) is 14.2 Å². The van der Waals surface area contributed by atoms with Crippen molar-refractivity contribution in [1.29, 1.82) is 0 Å². The Bertz CT molecular complexity index is 554. The van der Waals surface area contributed by atoms with E-state index in [9.17, 15) is 0 Å². The van der Waals surface area contributed by atoms with Crippen LogP contribution in [0.1, 0.15) is 26.2 Å². The number of nitrogens with zero attached hydrogens (tertiary/aromatic N) is 2. The highest BCUT2D eigenvalue weighted by molar-refractivity contribution is 5.93. The van der Waals surface area contributed by atoms with Crippen molar-refractivity contribution in [2.45, 2.75) is 26.2 Å². The van der Waals surface area contributed by atoms with Crippen LogP contribution in [0.5, 0.6) is 11.5 Å². The van der Waals surface area contributed by atoms with E-state index in [2.05, 4.69) is 27.4 Å². The van der Waals surface area contributed by atoms with Crippen LogP contribution in [0.2, 0.25) is 0 Å². The van der Waals surface area contributed by atoms with Gasteiger partial charge in [-0.1, -0.05) is 6.92 Å². The van der Waals surface area contributed by atoms with Gasteiger partial charge in [-0.2, -0.15) is 0 Å². The monoisotopic (exact) mass is 348 g/mol. The maximum absolute atomic E-state index is 5.35. The van der Waals surface area contributed by atoms with Gasteiger partial charge in [-0.25, -0.2) is 0 Å². The number of ether oxygens (including phenoxy) is 2. The first-order valence-electron chi connectivity index (χ1n) is 9.12. The number of likely N-dealkylation sites (tertiary alicyclic amines) is 1. The summed E-state index contributed by atoms with van der Waals surface area (Å²) in [5.74, 6) is 2.90. The van der Waals surface area contributed by atoms with Crippen molar-refractivity contribution in [3.8, 4) is 11.5 Å². The Morgan fingerprint density at radius 3 is 2.52 bits per heavy atom. The third kappa shape index (κ3) is 5.81. The summed E-state index contributed by atoms with van der Waals surface area (Å²) >= 11 is 0. The van der Waals surface area contributed by atoms with Crippen LogP contribution in [0.4, 0.5) is 5.69 Å². The number of methoxy groups -OCH3 is 2. The summed E-state index contributed by atoms with van der Waals surface area (Å²) in [6.07, 6.45) is 3.74. The van der Waals surface area contributed by atoms with Crippen LogP contribution >= 0.6 is 0 Å². The molecule has 0 saturated carbocycles. The fraction of sp³-hybridized carbons (Fsp3) is 0.632. The van der Waals surface area contributed by atoms with Crippen LogP contribution in [0.15, 0.2) is 23.2 Å². The molecule has 0 bridgehead atoms. The summed E-state index contributed by atoms with van der Waals surface area (Å²) < 4.78 is 10.6. The van der Waals surface area contributed by atoms with E-state index in [0.717, 1.165) is 23.9 Å². The predicted molar refractivity (Wildman–Crippen MR) is 104 cm³/mol. The smallest absolute Gasteiger partial charge is 0.195 e. The first-order chi connectivity index (χ1) is 12.2. The number of anilines is 1. The average molecular weight is 348 g/mol. The number of nitrogens with one attached hydrogen (secondary N) is 2. The quantitative estimate of drug-likeness (QED) is 0.586. The molecular formula is C19H32N4O2. The Kier molecular flexibility index (Phi) is 7.85. The van der Waals surface area contributed by atoms with Crippen molar-refractivity contribution in [2.24, 2.45) is 10.9 Å². The van der Waals surface area contributed by atoms with E-state index in [4.69, 9.17) is 9.47 Å². The molecular weight excluding hydrogens is 316 g/mol. The highest BCUT2D eigenvalue weighted by Gasteiger charge is 2.18. The number of hydrogen-bond donors (Lipinski definition) is 2. The van der Waals surface area contributed by atoms with Gasteiger partial charge in [0.25, 0.3) is 0 Å². The average Bonchev–Trinajstić information content (AvgIpc) is 2.66. The molecule has 6 heteroatoms. The summed E-state index contributed by atoms with van der Waals surface area (Å²) in [6.45, 7) is 6.84. The van der Waals surface area contributed by atoms with Crippen molar-refractivity contribution < 1.29 is 9.47 Å². The van der Waals surface area contributed by atoms with Crippen LogP contribution in [0.3, 0.4) is 0 Å². The van der Waals surface area contributed by atoms with Crippen LogP contribution in [0.25, 0.3) is 0 Å². The molecule has 0 atom stereocenters. The van der Waals surface area contributed by atoms with E-state index in [0.29, 0.717) is 11.7 Å². The SMILES string of the molecule is CCCN1CCC(CNC(=NC)Nc2ccc(OC)c(OC)c2)CC1. The van der Waals surface area contributed by atoms with Crippen molar-refractivity contribution in [2.75, 3.05) is 52.8 Å². The molecule has 0 spiro atoms. The Morgan fingerprint density at radius 2 is 1.92 bits per heavy atom. The van der Waals surface area contributed by atoms with E-state index in [1.807, 2.05) is 18.2 Å². The molecule has 1 aliphatic rings. The maximum atomic E-state index is 5.35. The molecule has 1 aromatic rings. The first kappa shape index (κ1) is 19.4. The van der Waals surface area contributed by atoms with Crippen LogP contribution in [-0.2, 0) is 0 Å². The van der Waals surface area contributed by atoms with Gasteiger partial charge in [0.1, 0.15) is 0 Å². The van der Waals surface area contributed by atoms with Crippen molar-refractivity contribution in [1.82, 2.24) is 10.2 Å². The maximum Gasteiger partial charge on any atom is 0.195 e. The molecule has 2 N–H and O–H groups in total. The molecule has 140 valence electrons. The summed E-state index contributed by atoms with van der Waals surface area (Å²) in [5, 5.41) is 6.77. The summed E-state index contributed by atoms with van der Waals surface area (Å²) in [5.41, 5.74) is 0.920. The van der Waals surface area contributed by atoms with Gasteiger partial charge in [-0.15, -0.1) is 0 Å². The minimum absolute atomic E-state index is 0.700. The van der Waals surface area contributed by atoms with Gasteiger partial charge in [0.15, 0.2) is 17.5 Å². The summed E-state index contributed by atoms with van der Waals surface area (Å²) in [7, 11) is 5.07. The zero-order chi connectivity index (χ0) is 18.1. The number of hydrogen-bond acceptors (Lipinski definition) is 4. The number of guanidine groups is 1. The lowest BCUT2D eigenvalue weighted by atomic mass is 9.97. The lowest BCUT2D eigenvalue weighted by molar-refractivity contribution is 0.185. The summed E-state index contributed by atoms with van der Waals surface area (Å²) in [6, 6.07) is 5.75. The van der Waals surface area contributed by atoms with Crippen molar-refractivity contribution >= 4 is 11.6 Å². The molecule has 0 aliphatic carbocycles. The fourth-order valence-electron chi connectivity index (χ4n) is 3.20. The Balaban J connectivity index is 1.83. The first-order valence-corrected chi connectivity index (χ1v) is 9.12. The largest absolute Gasteiger partial charge is 0.493 e. The molecule has 1 heterocycles. The molecule has 1 fully saturated rings. The molecule has 0 amide bonds.